The van der Waals surface area contributed by atoms with E-state index in [0.29, 0.717) is 12.2 Å². The maximum absolute atomic E-state index is 12.6. The molecule has 0 spiro atoms. The molecule has 2 aromatic carbocycles. The fraction of sp³-hybridized carbons (Fsp3) is 0.350. The predicted molar refractivity (Wildman–Crippen MR) is 104 cm³/mol. The maximum atomic E-state index is 12.6. The van der Waals surface area contributed by atoms with E-state index in [-0.39, 0.29) is 23.3 Å². The molecule has 3 rings (SSSR count). The van der Waals surface area contributed by atoms with Crippen LogP contribution in [-0.2, 0) is 16.4 Å². The molecule has 0 bridgehead atoms. The van der Waals surface area contributed by atoms with Crippen molar-refractivity contribution >= 4 is 15.8 Å². The molecule has 27 heavy (non-hydrogen) atoms. The molecule has 1 unspecified atom stereocenters. The molecule has 0 aliphatic carbocycles. The van der Waals surface area contributed by atoms with Crippen LogP contribution in [0.3, 0.4) is 0 Å². The third-order valence-electron chi connectivity index (χ3n) is 4.76. The molecule has 0 aromatic heterocycles. The standard InChI is InChI=1S/C20H24N2O4S/c1-14(23)15-4-7-18(8-5-15)27(24,25)21-13-19(22(2)3)16-6-9-20-17(12-16)10-11-26-20/h4-9,12,19,21H,10-11,13H2,1-3H3. The van der Waals surface area contributed by atoms with Crippen LogP contribution in [0, 0.1) is 0 Å². The fourth-order valence-electron chi connectivity index (χ4n) is 3.15. The van der Waals surface area contributed by atoms with E-state index in [0.717, 1.165) is 23.3 Å². The van der Waals surface area contributed by atoms with Crippen LogP contribution in [0.1, 0.15) is 34.5 Å². The van der Waals surface area contributed by atoms with E-state index >= 15 is 0 Å². The van der Waals surface area contributed by atoms with Crippen LogP contribution in [0.25, 0.3) is 0 Å². The molecule has 0 saturated carbocycles. The molecule has 1 atom stereocenters. The van der Waals surface area contributed by atoms with Gasteiger partial charge in [0.15, 0.2) is 5.78 Å². The largest absolute Gasteiger partial charge is 0.493 e. The normalized spacial score (nSPS) is 14.7. The van der Waals surface area contributed by atoms with Crippen molar-refractivity contribution in [3.63, 3.8) is 0 Å². The molecule has 0 fully saturated rings. The Bertz CT molecular complexity index is 937. The molecule has 0 amide bonds. The number of nitrogens with one attached hydrogen (secondary N) is 1. The van der Waals surface area contributed by atoms with Gasteiger partial charge in [-0.25, -0.2) is 13.1 Å². The summed E-state index contributed by atoms with van der Waals surface area (Å²) >= 11 is 0. The number of fused-ring (bicyclic) bond motifs is 1. The minimum absolute atomic E-state index is 0.0971. The van der Waals surface area contributed by atoms with E-state index in [2.05, 4.69) is 10.8 Å². The number of hydrogen-bond donors (Lipinski definition) is 1. The van der Waals surface area contributed by atoms with E-state index in [1.165, 1.54) is 31.2 Å². The van der Waals surface area contributed by atoms with Gasteiger partial charge in [-0.3, -0.25) is 4.79 Å². The number of ether oxygens (including phenoxy) is 1. The molecule has 0 saturated heterocycles. The number of carbonyl (C=O) groups is 1. The second-order valence-corrected chi connectivity index (χ2v) is 8.64. The third kappa shape index (κ3) is 4.37. The Hall–Kier alpha value is -2.22. The first-order chi connectivity index (χ1) is 12.8. The van der Waals surface area contributed by atoms with Gasteiger partial charge in [-0.1, -0.05) is 24.3 Å². The van der Waals surface area contributed by atoms with Crippen LogP contribution >= 0.6 is 0 Å². The highest BCUT2D eigenvalue weighted by Crippen LogP contribution is 2.29. The molecule has 1 aliphatic heterocycles. The maximum Gasteiger partial charge on any atom is 0.240 e. The van der Waals surface area contributed by atoms with Gasteiger partial charge in [0.25, 0.3) is 0 Å². The molecule has 2 aromatic rings. The summed E-state index contributed by atoms with van der Waals surface area (Å²) < 4.78 is 33.5. The van der Waals surface area contributed by atoms with E-state index in [4.69, 9.17) is 4.74 Å². The van der Waals surface area contributed by atoms with Gasteiger partial charge in [0.1, 0.15) is 5.75 Å². The molecule has 7 heteroatoms. The number of benzene rings is 2. The van der Waals surface area contributed by atoms with Gasteiger partial charge in [-0.05, 0) is 50.3 Å². The molecular weight excluding hydrogens is 364 g/mol. The number of Topliss-reactive ketones (excluding diaryl/α,β-unsaturated/α-hetero) is 1. The smallest absolute Gasteiger partial charge is 0.240 e. The average molecular weight is 388 g/mol. The lowest BCUT2D eigenvalue weighted by Crippen LogP contribution is -2.34. The van der Waals surface area contributed by atoms with Gasteiger partial charge in [0.05, 0.1) is 11.5 Å². The van der Waals surface area contributed by atoms with E-state index < -0.39 is 10.0 Å². The van der Waals surface area contributed by atoms with Gasteiger partial charge in [0, 0.05) is 24.6 Å². The number of hydrogen-bond acceptors (Lipinski definition) is 5. The zero-order valence-electron chi connectivity index (χ0n) is 15.7. The first-order valence-electron chi connectivity index (χ1n) is 8.80. The fourth-order valence-corrected chi connectivity index (χ4v) is 4.19. The molecule has 1 aliphatic rings. The minimum Gasteiger partial charge on any atom is -0.493 e. The van der Waals surface area contributed by atoms with Crippen LogP contribution in [0.4, 0.5) is 0 Å². The summed E-state index contributed by atoms with van der Waals surface area (Å²) in [6, 6.07) is 11.9. The van der Waals surface area contributed by atoms with Gasteiger partial charge in [0.2, 0.25) is 10.0 Å². The van der Waals surface area contributed by atoms with Crippen molar-refractivity contribution in [2.24, 2.45) is 0 Å². The summed E-state index contributed by atoms with van der Waals surface area (Å²) in [5.41, 5.74) is 2.68. The molecule has 144 valence electrons. The lowest BCUT2D eigenvalue weighted by atomic mass is 10.0. The van der Waals surface area contributed by atoms with Crippen LogP contribution in [0.2, 0.25) is 0 Å². The minimum atomic E-state index is -3.66. The van der Waals surface area contributed by atoms with Crippen molar-refractivity contribution in [2.75, 3.05) is 27.2 Å². The number of carbonyl (C=O) groups excluding carboxylic acids is 1. The molecule has 6 nitrogen and oxygen atoms in total. The second-order valence-electron chi connectivity index (χ2n) is 6.88. The second kappa shape index (κ2) is 7.80. The van der Waals surface area contributed by atoms with Crippen LogP contribution < -0.4 is 9.46 Å². The van der Waals surface area contributed by atoms with E-state index in [1.807, 2.05) is 31.1 Å². The highest BCUT2D eigenvalue weighted by molar-refractivity contribution is 7.89. The summed E-state index contributed by atoms with van der Waals surface area (Å²) in [7, 11) is 0.178. The van der Waals surface area contributed by atoms with Crippen molar-refractivity contribution < 1.29 is 17.9 Å². The van der Waals surface area contributed by atoms with Gasteiger partial charge in [-0.2, -0.15) is 0 Å². The summed E-state index contributed by atoms with van der Waals surface area (Å²) in [4.78, 5) is 13.5. The Balaban J connectivity index is 1.76. The number of ketones is 1. The van der Waals surface area contributed by atoms with E-state index in [9.17, 15) is 13.2 Å². The topological polar surface area (TPSA) is 75.7 Å². The van der Waals surface area contributed by atoms with Crippen LogP contribution in [-0.4, -0.2) is 46.3 Å². The lowest BCUT2D eigenvalue weighted by molar-refractivity contribution is 0.101. The zero-order chi connectivity index (χ0) is 19.6. The van der Waals surface area contributed by atoms with Gasteiger partial charge in [-0.15, -0.1) is 0 Å². The SMILES string of the molecule is CC(=O)c1ccc(S(=O)(=O)NCC(c2ccc3c(c2)CCO3)N(C)C)cc1. The highest BCUT2D eigenvalue weighted by atomic mass is 32.2. The highest BCUT2D eigenvalue weighted by Gasteiger charge is 2.22. The third-order valence-corrected chi connectivity index (χ3v) is 6.20. The average Bonchev–Trinajstić information content (AvgIpc) is 3.09. The summed E-state index contributed by atoms with van der Waals surface area (Å²) in [6.45, 7) is 2.38. The molecule has 1 heterocycles. The number of rotatable bonds is 7. The Morgan fingerprint density at radius 2 is 1.89 bits per heavy atom. The first kappa shape index (κ1) is 19.5. The summed E-state index contributed by atoms with van der Waals surface area (Å²) in [6.07, 6.45) is 0.873. The van der Waals surface area contributed by atoms with Crippen LogP contribution in [0.15, 0.2) is 47.4 Å². The first-order valence-corrected chi connectivity index (χ1v) is 10.3. The predicted octanol–water partition coefficient (Wildman–Crippen LogP) is 2.41. The monoisotopic (exact) mass is 388 g/mol. The van der Waals surface area contributed by atoms with E-state index in [1.54, 1.807) is 0 Å². The summed E-state index contributed by atoms with van der Waals surface area (Å²) in [5, 5.41) is 0. The van der Waals surface area contributed by atoms with Crippen molar-refractivity contribution in [3.05, 3.63) is 59.2 Å². The zero-order valence-corrected chi connectivity index (χ0v) is 16.5. The van der Waals surface area contributed by atoms with Gasteiger partial charge < -0.3 is 9.64 Å². The van der Waals surface area contributed by atoms with Crippen LogP contribution in [0.5, 0.6) is 5.75 Å². The Morgan fingerprint density at radius 3 is 2.52 bits per heavy atom. The molecule has 1 N–H and O–H groups in total. The Labute approximate surface area is 160 Å². The Kier molecular flexibility index (Phi) is 5.64. The number of sulfonamides is 1. The number of nitrogens with zero attached hydrogens (tertiary/aromatic N) is 1. The number of likely N-dealkylation sites (N-methyl/N-ethyl adjacent to an activating group) is 1. The molecular formula is C20H24N2O4S. The van der Waals surface area contributed by atoms with Crippen molar-refractivity contribution in [3.8, 4) is 5.75 Å². The quantitative estimate of drug-likeness (QED) is 0.737. The van der Waals surface area contributed by atoms with Crippen molar-refractivity contribution in [1.29, 1.82) is 0 Å². The van der Waals surface area contributed by atoms with Crippen molar-refractivity contribution in [2.45, 2.75) is 24.3 Å². The lowest BCUT2D eigenvalue weighted by Gasteiger charge is -2.25. The van der Waals surface area contributed by atoms with Gasteiger partial charge >= 0.3 is 0 Å². The molecule has 0 radical (unpaired) electrons. The Morgan fingerprint density at radius 1 is 1.19 bits per heavy atom. The summed E-state index contributed by atoms with van der Waals surface area (Å²) in [5.74, 6) is 0.808. The van der Waals surface area contributed by atoms with Crippen molar-refractivity contribution in [1.82, 2.24) is 9.62 Å².